The number of nitro benzene ring substituents is 1. The van der Waals surface area contributed by atoms with Crippen LogP contribution in [0, 0.1) is 15.9 Å². The summed E-state index contributed by atoms with van der Waals surface area (Å²) in [6, 6.07) is 9.28. The Kier molecular flexibility index (Phi) is 4.48. The molecule has 25 heavy (non-hydrogen) atoms. The van der Waals surface area contributed by atoms with Crippen LogP contribution in [0.2, 0.25) is 0 Å². The molecule has 0 aromatic heterocycles. The average molecular weight is 359 g/mol. The molecule has 7 nitrogen and oxygen atoms in total. The first-order valence-electron chi connectivity index (χ1n) is 6.95. The second-order valence-corrected chi connectivity index (χ2v) is 5.99. The highest BCUT2D eigenvalue weighted by molar-refractivity contribution is 8.18. The van der Waals surface area contributed by atoms with Crippen LogP contribution in [0.4, 0.5) is 15.8 Å². The number of nitro groups is 1. The summed E-state index contributed by atoms with van der Waals surface area (Å²) in [5.74, 6) is -1.24. The number of phenolic OH excluding ortho intramolecular Hbond substituents is 1. The lowest BCUT2D eigenvalue weighted by Gasteiger charge is -1.98. The molecule has 1 saturated heterocycles. The lowest BCUT2D eigenvalue weighted by atomic mass is 10.1. The zero-order valence-corrected chi connectivity index (χ0v) is 13.3. The SMILES string of the molecule is O=C1NC(=Nc2ccc(F)cc2)S/C1=C/c1ccc(O)c([N+](=O)[O-])c1. The number of hydrogen-bond acceptors (Lipinski definition) is 6. The Balaban J connectivity index is 1.85. The quantitative estimate of drug-likeness (QED) is 0.497. The standard InChI is InChI=1S/C16H10FN3O4S/c17-10-2-4-11(5-3-10)18-16-19-15(22)14(25-16)8-9-1-6-13(21)12(7-9)20(23)24/h1-8,21H,(H,18,19,22)/b14-8+. The predicted molar refractivity (Wildman–Crippen MR) is 92.0 cm³/mol. The predicted octanol–water partition coefficient (Wildman–Crippen LogP) is 3.33. The molecule has 0 spiro atoms. The molecule has 0 saturated carbocycles. The van der Waals surface area contributed by atoms with E-state index in [-0.39, 0.29) is 5.82 Å². The molecule has 0 bridgehead atoms. The van der Waals surface area contributed by atoms with Crippen LogP contribution < -0.4 is 5.32 Å². The first-order chi connectivity index (χ1) is 11.9. The van der Waals surface area contributed by atoms with Crippen molar-refractivity contribution in [1.29, 1.82) is 0 Å². The highest BCUT2D eigenvalue weighted by Crippen LogP contribution is 2.31. The van der Waals surface area contributed by atoms with Crippen molar-refractivity contribution in [1.82, 2.24) is 5.32 Å². The van der Waals surface area contributed by atoms with Crippen LogP contribution in [-0.4, -0.2) is 21.1 Å². The van der Waals surface area contributed by atoms with Gasteiger partial charge in [0.05, 0.1) is 15.5 Å². The van der Waals surface area contributed by atoms with Crippen LogP contribution >= 0.6 is 11.8 Å². The van der Waals surface area contributed by atoms with Gasteiger partial charge < -0.3 is 10.4 Å². The second-order valence-electron chi connectivity index (χ2n) is 4.96. The number of phenols is 1. The number of nitrogens with zero attached hydrogens (tertiary/aromatic N) is 2. The molecular weight excluding hydrogens is 349 g/mol. The van der Waals surface area contributed by atoms with E-state index in [1.54, 1.807) is 0 Å². The van der Waals surface area contributed by atoms with Gasteiger partial charge >= 0.3 is 5.69 Å². The number of thioether (sulfide) groups is 1. The maximum Gasteiger partial charge on any atom is 0.311 e. The molecule has 1 aliphatic heterocycles. The van der Waals surface area contributed by atoms with Crippen LogP contribution in [0.1, 0.15) is 5.56 Å². The number of benzene rings is 2. The van der Waals surface area contributed by atoms with Crippen LogP contribution in [-0.2, 0) is 4.79 Å². The van der Waals surface area contributed by atoms with Crippen LogP contribution in [0.25, 0.3) is 6.08 Å². The van der Waals surface area contributed by atoms with Gasteiger partial charge in [0.25, 0.3) is 5.91 Å². The zero-order valence-electron chi connectivity index (χ0n) is 12.5. The summed E-state index contributed by atoms with van der Waals surface area (Å²) in [6.07, 6.45) is 1.46. The van der Waals surface area contributed by atoms with Gasteiger partial charge in [-0.1, -0.05) is 6.07 Å². The number of amides is 1. The molecule has 0 unspecified atom stereocenters. The number of halogens is 1. The Morgan fingerprint density at radius 2 is 1.96 bits per heavy atom. The number of aliphatic imine (C=N–C) groups is 1. The Labute approximate surface area is 145 Å². The minimum Gasteiger partial charge on any atom is -0.502 e. The molecule has 0 radical (unpaired) electrons. The van der Waals surface area contributed by atoms with Crippen molar-refractivity contribution in [2.45, 2.75) is 0 Å². The number of carbonyl (C=O) groups excluding carboxylic acids is 1. The molecular formula is C16H10FN3O4S. The van der Waals surface area contributed by atoms with Crippen molar-refractivity contribution >= 4 is 40.3 Å². The van der Waals surface area contributed by atoms with E-state index >= 15 is 0 Å². The Morgan fingerprint density at radius 1 is 1.24 bits per heavy atom. The van der Waals surface area contributed by atoms with E-state index in [9.17, 15) is 24.4 Å². The number of aromatic hydroxyl groups is 1. The molecule has 9 heteroatoms. The van der Waals surface area contributed by atoms with E-state index in [1.807, 2.05) is 0 Å². The fraction of sp³-hybridized carbons (Fsp3) is 0. The van der Waals surface area contributed by atoms with Gasteiger partial charge in [-0.15, -0.1) is 0 Å². The molecule has 0 atom stereocenters. The maximum atomic E-state index is 12.9. The third-order valence-electron chi connectivity index (χ3n) is 3.20. The van der Waals surface area contributed by atoms with Crippen molar-refractivity contribution < 1.29 is 19.2 Å². The lowest BCUT2D eigenvalue weighted by molar-refractivity contribution is -0.385. The first-order valence-corrected chi connectivity index (χ1v) is 7.76. The van der Waals surface area contributed by atoms with Gasteiger partial charge in [-0.2, -0.15) is 0 Å². The highest BCUT2D eigenvalue weighted by atomic mass is 32.2. The number of rotatable bonds is 3. The minimum absolute atomic E-state index is 0.292. The molecule has 2 aromatic rings. The summed E-state index contributed by atoms with van der Waals surface area (Å²) in [6.45, 7) is 0. The molecule has 2 aromatic carbocycles. The number of amidine groups is 1. The molecule has 2 N–H and O–H groups in total. The van der Waals surface area contributed by atoms with Crippen LogP contribution in [0.5, 0.6) is 5.75 Å². The topological polar surface area (TPSA) is 105 Å². The number of nitrogens with one attached hydrogen (secondary N) is 1. The highest BCUT2D eigenvalue weighted by Gasteiger charge is 2.24. The molecule has 1 aliphatic rings. The first kappa shape index (κ1) is 16.7. The zero-order chi connectivity index (χ0) is 18.0. The van der Waals surface area contributed by atoms with Gasteiger partial charge in [0, 0.05) is 6.07 Å². The molecule has 1 fully saturated rings. The summed E-state index contributed by atoms with van der Waals surface area (Å²) in [5.41, 5.74) is 0.425. The smallest absolute Gasteiger partial charge is 0.311 e. The van der Waals surface area contributed by atoms with E-state index < -0.39 is 22.3 Å². The number of carbonyl (C=O) groups is 1. The van der Waals surface area contributed by atoms with Crippen LogP contribution in [0.15, 0.2) is 52.4 Å². The van der Waals surface area contributed by atoms with Gasteiger partial charge in [0.1, 0.15) is 5.82 Å². The van der Waals surface area contributed by atoms with Crippen molar-refractivity contribution in [2.24, 2.45) is 4.99 Å². The third kappa shape index (κ3) is 3.83. The van der Waals surface area contributed by atoms with Crippen molar-refractivity contribution in [3.05, 3.63) is 68.9 Å². The Morgan fingerprint density at radius 3 is 2.64 bits per heavy atom. The lowest BCUT2D eigenvalue weighted by Crippen LogP contribution is -2.19. The monoisotopic (exact) mass is 359 g/mol. The molecule has 1 heterocycles. The van der Waals surface area contributed by atoms with E-state index in [2.05, 4.69) is 10.3 Å². The van der Waals surface area contributed by atoms with Gasteiger partial charge in [0.2, 0.25) is 0 Å². The van der Waals surface area contributed by atoms with Gasteiger partial charge in [-0.3, -0.25) is 14.9 Å². The Hall–Kier alpha value is -3.20. The van der Waals surface area contributed by atoms with Gasteiger partial charge in [0.15, 0.2) is 10.9 Å². The second kappa shape index (κ2) is 6.73. The van der Waals surface area contributed by atoms with Crippen molar-refractivity contribution in [3.8, 4) is 5.75 Å². The van der Waals surface area contributed by atoms with Crippen molar-refractivity contribution in [2.75, 3.05) is 0 Å². The van der Waals surface area contributed by atoms with Gasteiger partial charge in [-0.05, 0) is 53.7 Å². The van der Waals surface area contributed by atoms with E-state index in [0.29, 0.717) is 21.3 Å². The van der Waals surface area contributed by atoms with Crippen molar-refractivity contribution in [3.63, 3.8) is 0 Å². The summed E-state index contributed by atoms with van der Waals surface area (Å²) in [5, 5.41) is 23.2. The largest absolute Gasteiger partial charge is 0.502 e. The normalized spacial score (nSPS) is 17.1. The summed E-state index contributed by atoms with van der Waals surface area (Å²) in [4.78, 5) is 26.6. The Bertz CT molecular complexity index is 925. The third-order valence-corrected chi connectivity index (χ3v) is 4.11. The molecule has 3 rings (SSSR count). The van der Waals surface area contributed by atoms with E-state index in [1.165, 1.54) is 48.5 Å². The maximum absolute atomic E-state index is 12.9. The van der Waals surface area contributed by atoms with E-state index in [4.69, 9.17) is 0 Å². The molecule has 0 aliphatic carbocycles. The fourth-order valence-electron chi connectivity index (χ4n) is 2.04. The fourth-order valence-corrected chi connectivity index (χ4v) is 2.88. The summed E-state index contributed by atoms with van der Waals surface area (Å²) >= 11 is 1.06. The van der Waals surface area contributed by atoms with E-state index in [0.717, 1.165) is 11.8 Å². The van der Waals surface area contributed by atoms with Crippen LogP contribution in [0.3, 0.4) is 0 Å². The molecule has 1 amide bonds. The summed E-state index contributed by atoms with van der Waals surface area (Å²) < 4.78 is 12.9. The number of hydrogen-bond donors (Lipinski definition) is 2. The average Bonchev–Trinajstić information content (AvgIpc) is 2.90. The molecule has 126 valence electrons. The summed E-state index contributed by atoms with van der Waals surface area (Å²) in [7, 11) is 0. The minimum atomic E-state index is -0.708. The van der Waals surface area contributed by atoms with Gasteiger partial charge in [-0.25, -0.2) is 9.38 Å².